The van der Waals surface area contributed by atoms with Gasteiger partial charge in [0.25, 0.3) is 5.91 Å². The second kappa shape index (κ2) is 7.02. The molecular weight excluding hydrogens is 325 g/mol. The topological polar surface area (TPSA) is 106 Å². The smallest absolute Gasteiger partial charge is 0.254 e. The van der Waals surface area contributed by atoms with Gasteiger partial charge in [-0.2, -0.15) is 5.10 Å². The number of aliphatic hydroxyl groups excluding tert-OH is 1. The fourth-order valence-corrected chi connectivity index (χ4v) is 3.02. The highest BCUT2D eigenvalue weighted by Crippen LogP contribution is 2.29. The second-order valence-electron chi connectivity index (χ2n) is 6.03. The number of aliphatic hydroxyl groups is 1. The Morgan fingerprint density at radius 3 is 2.76 bits per heavy atom. The summed E-state index contributed by atoms with van der Waals surface area (Å²) in [5.74, 6) is -0.654. The van der Waals surface area contributed by atoms with Crippen molar-refractivity contribution in [2.45, 2.75) is 31.4 Å². The quantitative estimate of drug-likeness (QED) is 0.788. The molecule has 0 bridgehead atoms. The molecule has 4 N–H and O–H groups in total. The molecule has 0 aliphatic heterocycles. The number of halogens is 1. The van der Waals surface area contributed by atoms with Crippen molar-refractivity contribution in [1.29, 1.82) is 0 Å². The Kier molecular flexibility index (Phi) is 4.80. The summed E-state index contributed by atoms with van der Waals surface area (Å²) in [5.41, 5.74) is 7.12. The Hall–Kier alpha value is -2.74. The highest BCUT2D eigenvalue weighted by atomic mass is 19.1. The van der Waals surface area contributed by atoms with E-state index in [9.17, 15) is 14.3 Å². The molecule has 1 heterocycles. The van der Waals surface area contributed by atoms with Gasteiger partial charge in [-0.05, 0) is 37.1 Å². The summed E-state index contributed by atoms with van der Waals surface area (Å²) < 4.78 is 14.7. The number of nitrogens with zero attached hydrogens (tertiary/aromatic N) is 3. The zero-order valence-corrected chi connectivity index (χ0v) is 13.8. The normalized spacial score (nSPS) is 22.1. The molecular formula is C17H20FN5O2. The number of carbonyl (C=O) groups excluding carboxylic acids is 1. The molecule has 1 saturated carbocycles. The Balaban J connectivity index is 1.91. The van der Waals surface area contributed by atoms with Gasteiger partial charge in [0.2, 0.25) is 0 Å². The van der Waals surface area contributed by atoms with Crippen LogP contribution in [-0.2, 0) is 0 Å². The van der Waals surface area contributed by atoms with Crippen LogP contribution in [0, 0.1) is 5.82 Å². The van der Waals surface area contributed by atoms with E-state index in [4.69, 9.17) is 5.73 Å². The predicted molar refractivity (Wildman–Crippen MR) is 92.7 cm³/mol. The molecule has 1 aromatic carbocycles. The number of primary amides is 1. The van der Waals surface area contributed by atoms with Gasteiger partial charge in [0.1, 0.15) is 11.4 Å². The van der Waals surface area contributed by atoms with Crippen LogP contribution in [0.2, 0.25) is 0 Å². The third-order valence-corrected chi connectivity index (χ3v) is 4.31. The van der Waals surface area contributed by atoms with Crippen molar-refractivity contribution in [3.8, 4) is 0 Å². The molecule has 0 saturated heterocycles. The predicted octanol–water partition coefficient (Wildman–Crippen LogP) is 2.02. The van der Waals surface area contributed by atoms with Crippen LogP contribution in [0.15, 0.2) is 35.5 Å². The van der Waals surface area contributed by atoms with Crippen molar-refractivity contribution in [3.05, 3.63) is 41.8 Å². The number of aromatic nitrogens is 2. The Morgan fingerprint density at radius 1 is 1.40 bits per heavy atom. The number of anilines is 2. The maximum atomic E-state index is 13.0. The van der Waals surface area contributed by atoms with Crippen LogP contribution in [0.5, 0.6) is 0 Å². The number of benzene rings is 1. The Morgan fingerprint density at radius 2 is 2.12 bits per heavy atom. The fourth-order valence-electron chi connectivity index (χ4n) is 3.02. The molecule has 1 amide bonds. The number of aliphatic imine (C=N–C) groups is 1. The molecule has 0 spiro atoms. The molecule has 1 aliphatic rings. The molecule has 2 atom stereocenters. The van der Waals surface area contributed by atoms with E-state index in [1.54, 1.807) is 30.1 Å². The van der Waals surface area contributed by atoms with Crippen LogP contribution in [0.25, 0.3) is 0 Å². The summed E-state index contributed by atoms with van der Waals surface area (Å²) >= 11 is 0. The number of nitrogens with one attached hydrogen (secondary N) is 1. The number of amides is 1. The highest BCUT2D eigenvalue weighted by Gasteiger charge is 2.28. The van der Waals surface area contributed by atoms with Gasteiger partial charge in [0, 0.05) is 31.1 Å². The molecule has 3 rings (SSSR count). The number of hydrogen-bond donors (Lipinski definition) is 3. The third-order valence-electron chi connectivity index (χ3n) is 4.31. The SMILES string of the molecule is CN=C1C[C@H](O)CC[C@@H]1n1cc(C(N)=O)c(Nc2ccc(F)cc2)n1. The molecule has 25 heavy (non-hydrogen) atoms. The lowest BCUT2D eigenvalue weighted by atomic mass is 9.91. The van der Waals surface area contributed by atoms with Gasteiger partial charge in [-0.25, -0.2) is 4.39 Å². The average molecular weight is 345 g/mol. The summed E-state index contributed by atoms with van der Waals surface area (Å²) in [5, 5.41) is 17.3. The summed E-state index contributed by atoms with van der Waals surface area (Å²) in [6, 6.07) is 5.60. The summed E-state index contributed by atoms with van der Waals surface area (Å²) in [4.78, 5) is 16.0. The van der Waals surface area contributed by atoms with Crippen molar-refractivity contribution in [3.63, 3.8) is 0 Å². The van der Waals surface area contributed by atoms with E-state index in [0.29, 0.717) is 30.8 Å². The van der Waals surface area contributed by atoms with E-state index in [2.05, 4.69) is 15.4 Å². The first-order chi connectivity index (χ1) is 12.0. The monoisotopic (exact) mass is 345 g/mol. The summed E-state index contributed by atoms with van der Waals surface area (Å²) in [7, 11) is 1.68. The largest absolute Gasteiger partial charge is 0.393 e. The van der Waals surface area contributed by atoms with E-state index in [-0.39, 0.29) is 17.4 Å². The van der Waals surface area contributed by atoms with Gasteiger partial charge in [-0.1, -0.05) is 0 Å². The first-order valence-electron chi connectivity index (χ1n) is 8.03. The molecule has 0 unspecified atom stereocenters. The van der Waals surface area contributed by atoms with Crippen LogP contribution in [0.3, 0.4) is 0 Å². The molecule has 8 heteroatoms. The third kappa shape index (κ3) is 3.69. The lowest BCUT2D eigenvalue weighted by Gasteiger charge is -2.27. The van der Waals surface area contributed by atoms with Gasteiger partial charge in [-0.3, -0.25) is 14.5 Å². The molecule has 1 fully saturated rings. The van der Waals surface area contributed by atoms with Crippen molar-refractivity contribution in [1.82, 2.24) is 9.78 Å². The minimum absolute atomic E-state index is 0.129. The van der Waals surface area contributed by atoms with E-state index < -0.39 is 12.0 Å². The van der Waals surface area contributed by atoms with E-state index in [1.807, 2.05) is 0 Å². The molecule has 0 radical (unpaired) electrons. The van der Waals surface area contributed by atoms with Crippen molar-refractivity contribution in [2.24, 2.45) is 10.7 Å². The van der Waals surface area contributed by atoms with Crippen molar-refractivity contribution in [2.75, 3.05) is 12.4 Å². The summed E-state index contributed by atoms with van der Waals surface area (Å²) in [6.45, 7) is 0. The lowest BCUT2D eigenvalue weighted by molar-refractivity contribution is 0.100. The Bertz CT molecular complexity index is 800. The number of nitrogens with two attached hydrogens (primary N) is 1. The lowest BCUT2D eigenvalue weighted by Crippen LogP contribution is -2.30. The maximum absolute atomic E-state index is 13.0. The van der Waals surface area contributed by atoms with Gasteiger partial charge in [-0.15, -0.1) is 0 Å². The number of carbonyl (C=O) groups is 1. The average Bonchev–Trinajstić information content (AvgIpc) is 3.00. The molecule has 1 aliphatic carbocycles. The van der Waals surface area contributed by atoms with Gasteiger partial charge in [0.05, 0.1) is 12.1 Å². The zero-order valence-electron chi connectivity index (χ0n) is 13.8. The molecule has 132 valence electrons. The van der Waals surface area contributed by atoms with Crippen LogP contribution in [-0.4, -0.2) is 39.7 Å². The zero-order chi connectivity index (χ0) is 18.0. The van der Waals surface area contributed by atoms with E-state index in [1.165, 1.54) is 12.1 Å². The van der Waals surface area contributed by atoms with Gasteiger partial charge in [0.15, 0.2) is 5.82 Å². The first-order valence-corrected chi connectivity index (χ1v) is 8.03. The maximum Gasteiger partial charge on any atom is 0.254 e. The molecule has 1 aromatic heterocycles. The van der Waals surface area contributed by atoms with Gasteiger partial charge < -0.3 is 16.2 Å². The van der Waals surface area contributed by atoms with Crippen LogP contribution >= 0.6 is 0 Å². The minimum Gasteiger partial charge on any atom is -0.393 e. The number of rotatable bonds is 4. The van der Waals surface area contributed by atoms with Crippen LogP contribution in [0.4, 0.5) is 15.9 Å². The number of hydrogen-bond acceptors (Lipinski definition) is 5. The van der Waals surface area contributed by atoms with Gasteiger partial charge >= 0.3 is 0 Å². The fraction of sp³-hybridized carbons (Fsp3) is 0.353. The van der Waals surface area contributed by atoms with Crippen molar-refractivity contribution < 1.29 is 14.3 Å². The second-order valence-corrected chi connectivity index (χ2v) is 6.03. The summed E-state index contributed by atoms with van der Waals surface area (Å²) in [6.07, 6.45) is 2.97. The van der Waals surface area contributed by atoms with E-state index >= 15 is 0 Å². The minimum atomic E-state index is -0.610. The highest BCUT2D eigenvalue weighted by molar-refractivity contribution is 5.98. The van der Waals surface area contributed by atoms with Crippen LogP contribution < -0.4 is 11.1 Å². The Labute approximate surface area is 144 Å². The molecule has 2 aromatic rings. The first kappa shape index (κ1) is 17.1. The van der Waals surface area contributed by atoms with Crippen molar-refractivity contribution >= 4 is 23.1 Å². The molecule has 7 nitrogen and oxygen atoms in total. The standard InChI is InChI=1S/C17H20FN5O2/c1-20-14-8-12(24)6-7-15(14)23-9-13(16(19)25)17(22-23)21-11-4-2-10(18)3-5-11/h2-5,9,12,15,24H,6-8H2,1H3,(H2,19,25)(H,21,22)/t12-,15+/m1/s1. The van der Waals surface area contributed by atoms with E-state index in [0.717, 1.165) is 5.71 Å². The van der Waals surface area contributed by atoms with Crippen LogP contribution in [0.1, 0.15) is 35.7 Å².